The molecule has 4 N–H and O–H groups in total. The van der Waals surface area contributed by atoms with Crippen molar-refractivity contribution in [3.05, 3.63) is 70.8 Å². The Bertz CT molecular complexity index is 651. The van der Waals surface area contributed by atoms with Gasteiger partial charge in [0.1, 0.15) is 0 Å². The van der Waals surface area contributed by atoms with E-state index in [2.05, 4.69) is 6.07 Å². The molecule has 0 spiro atoms. The van der Waals surface area contributed by atoms with E-state index >= 15 is 0 Å². The zero-order valence-corrected chi connectivity index (χ0v) is 13.0. The molecule has 0 aromatic heterocycles. The number of primary amides is 2. The van der Waals surface area contributed by atoms with Gasteiger partial charge in [0, 0.05) is 12.0 Å². The third kappa shape index (κ3) is 6.70. The fourth-order valence-corrected chi connectivity index (χ4v) is 1.93. The summed E-state index contributed by atoms with van der Waals surface area (Å²) in [6.07, 6.45) is 1.18. The highest BCUT2D eigenvalue weighted by atomic mass is 16.1. The summed E-state index contributed by atoms with van der Waals surface area (Å²) in [4.78, 5) is 21.1. The molecule has 4 nitrogen and oxygen atoms in total. The van der Waals surface area contributed by atoms with Crippen LogP contribution in [0.2, 0.25) is 0 Å². The van der Waals surface area contributed by atoms with Crippen molar-refractivity contribution in [1.29, 1.82) is 0 Å². The van der Waals surface area contributed by atoms with Gasteiger partial charge in [-0.2, -0.15) is 0 Å². The number of carbonyl (C=O) groups excluding carboxylic acids is 2. The average Bonchev–Trinajstić information content (AvgIpc) is 2.46. The molecule has 0 aliphatic carbocycles. The molecule has 0 saturated heterocycles. The van der Waals surface area contributed by atoms with Crippen LogP contribution in [0.4, 0.5) is 0 Å². The molecular weight excluding hydrogens is 276 g/mol. The summed E-state index contributed by atoms with van der Waals surface area (Å²) in [6, 6.07) is 15.3. The van der Waals surface area contributed by atoms with Crippen molar-refractivity contribution in [3.8, 4) is 0 Å². The molecule has 0 radical (unpaired) electrons. The zero-order valence-electron chi connectivity index (χ0n) is 13.0. The Hall–Kier alpha value is -2.62. The van der Waals surface area contributed by atoms with Crippen LogP contribution < -0.4 is 11.5 Å². The van der Waals surface area contributed by atoms with Gasteiger partial charge in [-0.1, -0.05) is 47.5 Å². The summed E-state index contributed by atoms with van der Waals surface area (Å²) in [5, 5.41) is 0. The summed E-state index contributed by atoms with van der Waals surface area (Å²) < 4.78 is 0. The second kappa shape index (κ2) is 8.62. The minimum Gasteiger partial charge on any atom is -0.370 e. The van der Waals surface area contributed by atoms with Gasteiger partial charge in [-0.15, -0.1) is 0 Å². The van der Waals surface area contributed by atoms with E-state index in [1.54, 1.807) is 12.1 Å². The van der Waals surface area contributed by atoms with Crippen LogP contribution in [-0.4, -0.2) is 11.8 Å². The van der Waals surface area contributed by atoms with Crippen LogP contribution >= 0.6 is 0 Å². The summed E-state index contributed by atoms with van der Waals surface area (Å²) in [5.41, 5.74) is 14.1. The molecule has 0 bridgehead atoms. The summed E-state index contributed by atoms with van der Waals surface area (Å²) in [7, 11) is 0. The predicted molar refractivity (Wildman–Crippen MR) is 88.4 cm³/mol. The number of rotatable bonds is 4. The largest absolute Gasteiger partial charge is 0.370 e. The van der Waals surface area contributed by atoms with E-state index in [1.165, 1.54) is 11.1 Å². The van der Waals surface area contributed by atoms with Gasteiger partial charge in [-0.3, -0.25) is 9.59 Å². The first-order valence-corrected chi connectivity index (χ1v) is 7.09. The van der Waals surface area contributed by atoms with E-state index in [1.807, 2.05) is 44.2 Å². The van der Waals surface area contributed by atoms with Gasteiger partial charge in [0.05, 0.1) is 0 Å². The van der Waals surface area contributed by atoms with Crippen molar-refractivity contribution in [2.75, 3.05) is 0 Å². The molecule has 2 amide bonds. The third-order valence-corrected chi connectivity index (χ3v) is 3.05. The maximum absolute atomic E-state index is 10.6. The molecular formula is C18H22N2O2. The molecule has 116 valence electrons. The first kappa shape index (κ1) is 17.4. The second-order valence-corrected chi connectivity index (χ2v) is 5.19. The Morgan fingerprint density at radius 1 is 0.909 bits per heavy atom. The number of hydrogen-bond donors (Lipinski definition) is 2. The van der Waals surface area contributed by atoms with Crippen LogP contribution in [0.3, 0.4) is 0 Å². The quantitative estimate of drug-likeness (QED) is 0.908. The highest BCUT2D eigenvalue weighted by Gasteiger charge is 1.97. The molecule has 4 heteroatoms. The molecule has 0 saturated carbocycles. The number of carbonyl (C=O) groups is 2. The Morgan fingerprint density at radius 2 is 1.50 bits per heavy atom. The molecule has 0 fully saturated rings. The first-order chi connectivity index (χ1) is 10.4. The van der Waals surface area contributed by atoms with Crippen molar-refractivity contribution in [2.24, 2.45) is 11.5 Å². The fraction of sp³-hybridized carbons (Fsp3) is 0.222. The highest BCUT2D eigenvalue weighted by Crippen LogP contribution is 2.05. The van der Waals surface area contributed by atoms with Crippen LogP contribution in [0, 0.1) is 13.8 Å². The highest BCUT2D eigenvalue weighted by molar-refractivity contribution is 5.92. The smallest absolute Gasteiger partial charge is 0.248 e. The maximum Gasteiger partial charge on any atom is 0.248 e. The first-order valence-electron chi connectivity index (χ1n) is 7.09. The van der Waals surface area contributed by atoms with Gasteiger partial charge in [0.2, 0.25) is 11.8 Å². The van der Waals surface area contributed by atoms with Gasteiger partial charge in [0.15, 0.2) is 0 Å². The van der Waals surface area contributed by atoms with Crippen LogP contribution in [0.25, 0.3) is 0 Å². The van der Waals surface area contributed by atoms with E-state index in [0.717, 1.165) is 12.0 Å². The van der Waals surface area contributed by atoms with Crippen LogP contribution in [0.1, 0.15) is 33.5 Å². The van der Waals surface area contributed by atoms with Gasteiger partial charge in [-0.05, 0) is 38.0 Å². The van der Waals surface area contributed by atoms with Gasteiger partial charge in [0.25, 0.3) is 0 Å². The van der Waals surface area contributed by atoms with Crippen molar-refractivity contribution >= 4 is 11.8 Å². The second-order valence-electron chi connectivity index (χ2n) is 5.19. The van der Waals surface area contributed by atoms with E-state index in [0.29, 0.717) is 12.0 Å². The topological polar surface area (TPSA) is 86.2 Å². The molecule has 0 unspecified atom stereocenters. The summed E-state index contributed by atoms with van der Waals surface area (Å²) >= 11 is 0. The number of benzene rings is 2. The number of aryl methyl sites for hydroxylation is 3. The normalized spacial score (nSPS) is 9.55. The molecule has 2 aromatic rings. The third-order valence-electron chi connectivity index (χ3n) is 3.05. The van der Waals surface area contributed by atoms with Gasteiger partial charge in [-0.25, -0.2) is 0 Å². The lowest BCUT2D eigenvalue weighted by atomic mass is 10.1. The number of amides is 2. The van der Waals surface area contributed by atoms with Gasteiger partial charge < -0.3 is 11.5 Å². The number of hydrogen-bond acceptors (Lipinski definition) is 2. The maximum atomic E-state index is 10.6. The van der Waals surface area contributed by atoms with Crippen LogP contribution in [0.15, 0.2) is 48.5 Å². The molecule has 0 heterocycles. The minimum atomic E-state index is -0.372. The van der Waals surface area contributed by atoms with Crippen LogP contribution in [-0.2, 0) is 11.2 Å². The molecule has 2 aromatic carbocycles. The van der Waals surface area contributed by atoms with E-state index in [4.69, 9.17) is 11.5 Å². The lowest BCUT2D eigenvalue weighted by molar-refractivity contribution is -0.117. The minimum absolute atomic E-state index is 0.239. The Kier molecular flexibility index (Phi) is 6.83. The van der Waals surface area contributed by atoms with Gasteiger partial charge >= 0.3 is 0 Å². The summed E-state index contributed by atoms with van der Waals surface area (Å²) in [5.74, 6) is -0.611. The number of nitrogens with two attached hydrogens (primary N) is 2. The molecule has 0 atom stereocenters. The van der Waals surface area contributed by atoms with Crippen molar-refractivity contribution in [2.45, 2.75) is 26.7 Å². The summed E-state index contributed by atoms with van der Waals surface area (Å²) in [6.45, 7) is 3.96. The average molecular weight is 298 g/mol. The SMILES string of the molecule is Cc1cccc(C(N)=O)c1.Cc1cccc(CCC(N)=O)c1. The Balaban J connectivity index is 0.000000224. The predicted octanol–water partition coefficient (Wildman–Crippen LogP) is 2.51. The van der Waals surface area contributed by atoms with Crippen LogP contribution in [0.5, 0.6) is 0 Å². The van der Waals surface area contributed by atoms with Crippen molar-refractivity contribution < 1.29 is 9.59 Å². The Morgan fingerprint density at radius 3 is 1.95 bits per heavy atom. The van der Waals surface area contributed by atoms with Crippen molar-refractivity contribution in [3.63, 3.8) is 0 Å². The Labute approximate surface area is 131 Å². The standard InChI is InChI=1S/C10H13NO.C8H9NO/c1-8-3-2-4-9(7-8)5-6-10(11)12;1-6-3-2-4-7(5-6)8(9)10/h2-4,7H,5-6H2,1H3,(H2,11,12);2-5H,1H3,(H2,9,10). The molecule has 22 heavy (non-hydrogen) atoms. The van der Waals surface area contributed by atoms with Crippen molar-refractivity contribution in [1.82, 2.24) is 0 Å². The van der Waals surface area contributed by atoms with E-state index < -0.39 is 0 Å². The lowest BCUT2D eigenvalue weighted by Gasteiger charge is -1.99. The lowest BCUT2D eigenvalue weighted by Crippen LogP contribution is -2.11. The zero-order chi connectivity index (χ0) is 16.5. The fourth-order valence-electron chi connectivity index (χ4n) is 1.93. The molecule has 0 aliphatic heterocycles. The van der Waals surface area contributed by atoms with E-state index in [9.17, 15) is 9.59 Å². The molecule has 0 aliphatic rings. The van der Waals surface area contributed by atoms with E-state index in [-0.39, 0.29) is 11.8 Å². The monoisotopic (exact) mass is 298 g/mol. The molecule has 2 rings (SSSR count).